The normalized spacial score (nSPS) is 11.7. The molecule has 0 spiro atoms. The van der Waals surface area contributed by atoms with Gasteiger partial charge in [-0.25, -0.2) is 13.2 Å². The summed E-state index contributed by atoms with van der Waals surface area (Å²) in [4.78, 5) is 35.4. The number of rotatable bonds is 15. The third kappa shape index (κ3) is 16.7. The number of hydrogen-bond acceptors (Lipinski definition) is 9. The summed E-state index contributed by atoms with van der Waals surface area (Å²) in [5.74, 6) is -2.09. The maximum atomic E-state index is 13.1. The molecule has 1 unspecified atom stereocenters. The highest BCUT2D eigenvalue weighted by Gasteiger charge is 2.22. The van der Waals surface area contributed by atoms with Crippen molar-refractivity contribution in [3.63, 3.8) is 0 Å². The lowest BCUT2D eigenvalue weighted by atomic mass is 9.88. The molecule has 0 aliphatic rings. The Morgan fingerprint density at radius 3 is 0.719 bits per heavy atom. The molecule has 0 aliphatic carbocycles. The fraction of sp³-hybridized carbons (Fsp3) is 0.250. The van der Waals surface area contributed by atoms with Crippen LogP contribution in [-0.2, 0) is 28.6 Å². The highest BCUT2D eigenvalue weighted by Crippen LogP contribution is 2.32. The van der Waals surface area contributed by atoms with Gasteiger partial charge in [0.2, 0.25) is 0 Å². The van der Waals surface area contributed by atoms with Gasteiger partial charge in [0.25, 0.3) is 0 Å². The Hall–Kier alpha value is -7.08. The van der Waals surface area contributed by atoms with Crippen molar-refractivity contribution < 1.29 is 57.1 Å². The zero-order valence-electron chi connectivity index (χ0n) is 35.3. The van der Waals surface area contributed by atoms with Crippen LogP contribution < -0.4 is 0 Å². The summed E-state index contributed by atoms with van der Waals surface area (Å²) in [5, 5.41) is 28.1. The second-order valence-corrected chi connectivity index (χ2v) is 14.1. The van der Waals surface area contributed by atoms with E-state index < -0.39 is 0 Å². The SMILES string of the molecule is C.CCOC(=O)CC(c1ccc(O)cc1)c1ccc(F)cc1.CCOC(=O)C[C@@H](c1ccc(O)cc1)c1ccc(F)cc1.CCOC(=O)C[C@H](c1ccc(O)cc1)c1ccc(F)cc1. The second-order valence-electron chi connectivity index (χ2n) is 14.1. The largest absolute Gasteiger partial charge is 0.508 e. The molecule has 0 fully saturated rings. The van der Waals surface area contributed by atoms with Crippen molar-refractivity contribution >= 4 is 17.9 Å². The van der Waals surface area contributed by atoms with E-state index in [4.69, 9.17) is 14.2 Å². The monoisotopic (exact) mass is 880 g/mol. The van der Waals surface area contributed by atoms with Crippen LogP contribution in [0.15, 0.2) is 146 Å². The number of carbonyl (C=O) groups excluding carboxylic acids is 3. The Morgan fingerprint density at radius 2 is 0.547 bits per heavy atom. The van der Waals surface area contributed by atoms with E-state index in [0.717, 1.165) is 33.4 Å². The van der Waals surface area contributed by atoms with Gasteiger partial charge >= 0.3 is 17.9 Å². The van der Waals surface area contributed by atoms with Crippen LogP contribution in [0.2, 0.25) is 0 Å². The predicted molar refractivity (Wildman–Crippen MR) is 240 cm³/mol. The summed E-state index contributed by atoms with van der Waals surface area (Å²) in [6, 6.07) is 38.1. The molecule has 6 aromatic carbocycles. The maximum Gasteiger partial charge on any atom is 0.306 e. The molecular weight excluding hydrogens is 826 g/mol. The van der Waals surface area contributed by atoms with E-state index in [1.54, 1.807) is 130 Å². The number of esters is 3. The molecule has 12 heteroatoms. The molecule has 0 saturated carbocycles. The minimum Gasteiger partial charge on any atom is -0.508 e. The molecule has 3 atom stereocenters. The van der Waals surface area contributed by atoms with Crippen LogP contribution in [0.3, 0.4) is 0 Å². The first-order chi connectivity index (χ1) is 30.3. The fourth-order valence-corrected chi connectivity index (χ4v) is 6.65. The Bertz CT molecular complexity index is 1900. The molecule has 338 valence electrons. The summed E-state index contributed by atoms with van der Waals surface area (Å²) < 4.78 is 54.2. The van der Waals surface area contributed by atoms with Gasteiger partial charge in [0.15, 0.2) is 0 Å². The molecule has 3 N–H and O–H groups in total. The molecule has 6 aromatic rings. The Labute approximate surface area is 372 Å². The number of benzene rings is 6. The number of hydrogen-bond donors (Lipinski definition) is 3. The van der Waals surface area contributed by atoms with E-state index in [1.807, 2.05) is 0 Å². The summed E-state index contributed by atoms with van der Waals surface area (Å²) in [5.41, 5.74) is 5.09. The van der Waals surface area contributed by atoms with E-state index in [9.17, 15) is 42.9 Å². The van der Waals surface area contributed by atoms with Gasteiger partial charge in [-0.2, -0.15) is 0 Å². The van der Waals surface area contributed by atoms with Crippen LogP contribution >= 0.6 is 0 Å². The quantitative estimate of drug-likeness (QED) is 0.0679. The van der Waals surface area contributed by atoms with E-state index in [-0.39, 0.29) is 97.1 Å². The lowest BCUT2D eigenvalue weighted by molar-refractivity contribution is -0.144. The van der Waals surface area contributed by atoms with Crippen molar-refractivity contribution in [2.24, 2.45) is 0 Å². The van der Waals surface area contributed by atoms with Gasteiger partial charge in [0, 0.05) is 17.8 Å². The van der Waals surface area contributed by atoms with Gasteiger partial charge in [0.1, 0.15) is 34.7 Å². The van der Waals surface area contributed by atoms with Gasteiger partial charge in [-0.05, 0) is 127 Å². The third-order valence-electron chi connectivity index (χ3n) is 9.73. The summed E-state index contributed by atoms with van der Waals surface area (Å²) in [6.07, 6.45) is 0.513. The number of halogens is 3. The highest BCUT2D eigenvalue weighted by molar-refractivity contribution is 5.72. The van der Waals surface area contributed by atoms with Crippen LogP contribution in [0.5, 0.6) is 17.2 Å². The van der Waals surface area contributed by atoms with Crippen molar-refractivity contribution in [3.05, 3.63) is 196 Å². The average molecular weight is 881 g/mol. The molecule has 0 radical (unpaired) electrons. The number of aromatic hydroxyl groups is 3. The van der Waals surface area contributed by atoms with Crippen molar-refractivity contribution in [3.8, 4) is 17.2 Å². The van der Waals surface area contributed by atoms with Gasteiger partial charge in [-0.15, -0.1) is 0 Å². The van der Waals surface area contributed by atoms with Crippen LogP contribution in [0.1, 0.15) is 98.6 Å². The van der Waals surface area contributed by atoms with Crippen molar-refractivity contribution in [2.75, 3.05) is 19.8 Å². The van der Waals surface area contributed by atoms with Crippen LogP contribution in [0.25, 0.3) is 0 Å². The molecule has 64 heavy (non-hydrogen) atoms. The highest BCUT2D eigenvalue weighted by atomic mass is 19.1. The molecule has 0 bridgehead atoms. The molecule has 0 aliphatic heterocycles. The Kier molecular flexibility index (Phi) is 21.2. The first-order valence-corrected chi connectivity index (χ1v) is 20.4. The summed E-state index contributed by atoms with van der Waals surface area (Å²) in [6.45, 7) is 6.24. The maximum absolute atomic E-state index is 13.1. The summed E-state index contributed by atoms with van der Waals surface area (Å²) in [7, 11) is 0. The zero-order valence-corrected chi connectivity index (χ0v) is 35.3. The molecule has 0 amide bonds. The molecular formula is C52H55F3O9. The van der Waals surface area contributed by atoms with E-state index in [0.29, 0.717) is 19.8 Å². The third-order valence-corrected chi connectivity index (χ3v) is 9.73. The molecule has 9 nitrogen and oxygen atoms in total. The minimum atomic E-state index is -0.320. The molecule has 0 heterocycles. The average Bonchev–Trinajstić information content (AvgIpc) is 3.27. The van der Waals surface area contributed by atoms with Crippen LogP contribution in [0.4, 0.5) is 13.2 Å². The van der Waals surface area contributed by atoms with Gasteiger partial charge < -0.3 is 29.5 Å². The van der Waals surface area contributed by atoms with Gasteiger partial charge in [-0.1, -0.05) is 80.2 Å². The molecule has 6 rings (SSSR count). The number of carbonyl (C=O) groups is 3. The fourth-order valence-electron chi connectivity index (χ4n) is 6.65. The number of phenolic OH excluding ortho intramolecular Hbond substituents is 3. The van der Waals surface area contributed by atoms with Crippen molar-refractivity contribution in [2.45, 2.75) is 65.2 Å². The summed E-state index contributed by atoms with van der Waals surface area (Å²) >= 11 is 0. The lowest BCUT2D eigenvalue weighted by Crippen LogP contribution is -2.11. The number of ether oxygens (including phenoxy) is 3. The van der Waals surface area contributed by atoms with Crippen molar-refractivity contribution in [1.29, 1.82) is 0 Å². The molecule has 0 saturated heterocycles. The standard InChI is InChI=1S/3C17H17FO3.CH4/c3*1-2-21-17(20)11-16(12-3-7-14(18)8-4-12)13-5-9-15(19)10-6-13;/h3*3-10,16,19H,2,11H2,1H3;1H4/t2*16-;;/m10../s1. The first kappa shape index (κ1) is 51.3. The number of phenols is 3. The topological polar surface area (TPSA) is 140 Å². The van der Waals surface area contributed by atoms with Crippen LogP contribution in [-0.4, -0.2) is 53.0 Å². The first-order valence-electron chi connectivity index (χ1n) is 20.4. The van der Waals surface area contributed by atoms with Crippen LogP contribution in [0, 0.1) is 17.5 Å². The van der Waals surface area contributed by atoms with Crippen molar-refractivity contribution in [1.82, 2.24) is 0 Å². The zero-order chi connectivity index (χ0) is 45.7. The minimum absolute atomic E-state index is 0. The second kappa shape index (κ2) is 26.4. The van der Waals surface area contributed by atoms with Gasteiger partial charge in [-0.3, -0.25) is 14.4 Å². The Balaban J connectivity index is 0.000000253. The lowest BCUT2D eigenvalue weighted by Gasteiger charge is -2.17. The van der Waals surface area contributed by atoms with Gasteiger partial charge in [0.05, 0.1) is 39.1 Å². The van der Waals surface area contributed by atoms with E-state index in [1.165, 1.54) is 36.4 Å². The predicted octanol–water partition coefficient (Wildman–Crippen LogP) is 11.5. The smallest absolute Gasteiger partial charge is 0.306 e. The van der Waals surface area contributed by atoms with E-state index in [2.05, 4.69) is 0 Å². The Morgan fingerprint density at radius 1 is 0.375 bits per heavy atom. The van der Waals surface area contributed by atoms with E-state index >= 15 is 0 Å². The molecule has 0 aromatic heterocycles.